The third kappa shape index (κ3) is 5.39. The molecule has 2 aromatic rings. The molecule has 0 bridgehead atoms. The number of aromatic nitrogens is 2. The van der Waals surface area contributed by atoms with Gasteiger partial charge in [0.15, 0.2) is 37.9 Å². The quantitative estimate of drug-likeness (QED) is 0.629. The lowest BCUT2D eigenvalue weighted by Gasteiger charge is -1.97. The van der Waals surface area contributed by atoms with E-state index in [-0.39, 0.29) is 0 Å². The van der Waals surface area contributed by atoms with Crippen LogP contribution < -0.4 is 20.6 Å². The standard InChI is InChI=1S/C18H26N4/c19-9-1-11-21-13-5-17(6-14-21)3-4-18-7-15-22(16-8-18)12-2-10-20/h3-8,13-16H,1-2,9-12,19-20H2/q+2/p+2/b4-3+. The number of hydrogen-bond acceptors (Lipinski definition) is 0. The number of hydrogen-bond donors (Lipinski definition) is 2. The van der Waals surface area contributed by atoms with E-state index in [4.69, 9.17) is 0 Å². The van der Waals surface area contributed by atoms with E-state index in [1.54, 1.807) is 0 Å². The second kappa shape index (κ2) is 9.07. The van der Waals surface area contributed by atoms with Crippen LogP contribution in [0.3, 0.4) is 0 Å². The van der Waals surface area contributed by atoms with Gasteiger partial charge in [0.2, 0.25) is 0 Å². The molecule has 0 saturated carbocycles. The molecule has 0 aliphatic carbocycles. The number of nitrogens with zero attached hydrogens (tertiary/aromatic N) is 2. The van der Waals surface area contributed by atoms with Gasteiger partial charge in [-0.25, -0.2) is 9.13 Å². The highest BCUT2D eigenvalue weighted by Crippen LogP contribution is 2.05. The molecule has 0 saturated heterocycles. The summed E-state index contributed by atoms with van der Waals surface area (Å²) < 4.78 is 4.41. The van der Waals surface area contributed by atoms with E-state index in [9.17, 15) is 0 Å². The second-order valence-corrected chi connectivity index (χ2v) is 5.49. The van der Waals surface area contributed by atoms with Gasteiger partial charge >= 0.3 is 0 Å². The van der Waals surface area contributed by atoms with Crippen LogP contribution in [0.25, 0.3) is 12.2 Å². The highest BCUT2D eigenvalue weighted by atomic mass is 14.9. The van der Waals surface area contributed by atoms with E-state index in [0.717, 1.165) is 39.0 Å². The van der Waals surface area contributed by atoms with Crippen LogP contribution in [0.4, 0.5) is 0 Å². The molecule has 0 aromatic carbocycles. The maximum atomic E-state index is 3.87. The van der Waals surface area contributed by atoms with Crippen molar-refractivity contribution in [3.8, 4) is 0 Å². The van der Waals surface area contributed by atoms with Gasteiger partial charge < -0.3 is 11.5 Å². The molecule has 4 heteroatoms. The van der Waals surface area contributed by atoms with Crippen LogP contribution in [0.15, 0.2) is 49.1 Å². The highest BCUT2D eigenvalue weighted by Gasteiger charge is 2.00. The first-order valence-corrected chi connectivity index (χ1v) is 8.06. The molecule has 116 valence electrons. The van der Waals surface area contributed by atoms with Gasteiger partial charge in [-0.2, -0.15) is 0 Å². The average molecular weight is 300 g/mol. The van der Waals surface area contributed by atoms with Crippen molar-refractivity contribution in [1.82, 2.24) is 0 Å². The minimum Gasteiger partial charge on any atom is -0.357 e. The monoisotopic (exact) mass is 300 g/mol. The Labute approximate surface area is 132 Å². The molecule has 4 nitrogen and oxygen atoms in total. The molecule has 0 radical (unpaired) electrons. The Morgan fingerprint density at radius 2 is 1.05 bits per heavy atom. The smallest absolute Gasteiger partial charge is 0.169 e. The SMILES string of the molecule is [NH3+]CCC[n+]1ccc(/C=C/c2cc[n+](CCC[NH3+])cc2)cc1. The third-order valence-corrected chi connectivity index (χ3v) is 3.63. The Morgan fingerprint density at radius 3 is 1.36 bits per heavy atom. The number of aryl methyl sites for hydroxylation is 2. The molecule has 0 aliphatic rings. The normalized spacial score (nSPS) is 11.2. The molecular weight excluding hydrogens is 272 g/mol. The first-order chi connectivity index (χ1) is 10.8. The summed E-state index contributed by atoms with van der Waals surface area (Å²) in [5, 5.41) is 0. The Kier molecular flexibility index (Phi) is 6.74. The molecule has 2 aromatic heterocycles. The summed E-state index contributed by atoms with van der Waals surface area (Å²) in [6.07, 6.45) is 15.1. The fourth-order valence-electron chi connectivity index (χ4n) is 2.24. The lowest BCUT2D eigenvalue weighted by atomic mass is 10.2. The van der Waals surface area contributed by atoms with Gasteiger partial charge in [0.1, 0.15) is 0 Å². The van der Waals surface area contributed by atoms with Gasteiger partial charge in [-0.1, -0.05) is 12.2 Å². The summed E-state index contributed by atoms with van der Waals surface area (Å²) in [6, 6.07) is 8.60. The Balaban J connectivity index is 1.93. The number of rotatable bonds is 8. The molecule has 0 aliphatic heterocycles. The summed E-state index contributed by atoms with van der Waals surface area (Å²) in [7, 11) is 0. The summed E-state index contributed by atoms with van der Waals surface area (Å²) in [4.78, 5) is 0. The first-order valence-electron chi connectivity index (χ1n) is 8.06. The third-order valence-electron chi connectivity index (χ3n) is 3.63. The van der Waals surface area contributed by atoms with E-state index < -0.39 is 0 Å². The van der Waals surface area contributed by atoms with E-state index >= 15 is 0 Å². The van der Waals surface area contributed by atoms with Crippen molar-refractivity contribution in [2.45, 2.75) is 25.9 Å². The topological polar surface area (TPSA) is 63.0 Å². The van der Waals surface area contributed by atoms with Crippen molar-refractivity contribution in [1.29, 1.82) is 0 Å². The summed E-state index contributed by atoms with van der Waals surface area (Å²) in [5.41, 5.74) is 10.2. The maximum Gasteiger partial charge on any atom is 0.169 e. The summed E-state index contributed by atoms with van der Waals surface area (Å²) in [6.45, 7) is 4.05. The predicted molar refractivity (Wildman–Crippen MR) is 86.9 cm³/mol. The van der Waals surface area contributed by atoms with Gasteiger partial charge in [-0.05, 0) is 11.1 Å². The van der Waals surface area contributed by atoms with Crippen molar-refractivity contribution < 1.29 is 20.6 Å². The van der Waals surface area contributed by atoms with Crippen LogP contribution in [-0.4, -0.2) is 13.1 Å². The molecule has 2 rings (SSSR count). The molecule has 6 N–H and O–H groups in total. The number of pyridine rings is 2. The maximum absolute atomic E-state index is 3.87. The van der Waals surface area contributed by atoms with Gasteiger partial charge in [-0.15, -0.1) is 0 Å². The van der Waals surface area contributed by atoms with Crippen molar-refractivity contribution in [2.24, 2.45) is 0 Å². The van der Waals surface area contributed by atoms with Crippen LogP contribution in [0, 0.1) is 0 Å². The Bertz CT molecular complexity index is 520. The van der Waals surface area contributed by atoms with Gasteiger partial charge in [0, 0.05) is 24.3 Å². The molecule has 0 unspecified atom stereocenters. The molecule has 22 heavy (non-hydrogen) atoms. The molecular formula is C18H28N4+4. The van der Waals surface area contributed by atoms with Crippen molar-refractivity contribution in [3.63, 3.8) is 0 Å². The molecule has 2 heterocycles. The lowest BCUT2D eigenvalue weighted by Crippen LogP contribution is -2.51. The zero-order chi connectivity index (χ0) is 15.6. The molecule has 0 spiro atoms. The fraction of sp³-hybridized carbons (Fsp3) is 0.333. The minimum atomic E-state index is 0.984. The largest absolute Gasteiger partial charge is 0.357 e. The Hall–Kier alpha value is -2.04. The highest BCUT2D eigenvalue weighted by molar-refractivity contribution is 5.68. The number of quaternary nitrogens is 2. The van der Waals surface area contributed by atoms with Crippen molar-refractivity contribution >= 4 is 12.2 Å². The van der Waals surface area contributed by atoms with Gasteiger partial charge in [0.05, 0.1) is 25.9 Å². The van der Waals surface area contributed by atoms with Crippen LogP contribution in [0.5, 0.6) is 0 Å². The van der Waals surface area contributed by atoms with E-state index in [2.05, 4.69) is 81.8 Å². The van der Waals surface area contributed by atoms with Crippen LogP contribution in [0.1, 0.15) is 24.0 Å². The minimum absolute atomic E-state index is 0.984. The lowest BCUT2D eigenvalue weighted by molar-refractivity contribution is -0.699. The van der Waals surface area contributed by atoms with Crippen LogP contribution in [-0.2, 0) is 13.1 Å². The summed E-state index contributed by atoms with van der Waals surface area (Å²) >= 11 is 0. The van der Waals surface area contributed by atoms with Crippen molar-refractivity contribution in [2.75, 3.05) is 13.1 Å². The van der Waals surface area contributed by atoms with Crippen LogP contribution >= 0.6 is 0 Å². The average Bonchev–Trinajstić information content (AvgIpc) is 2.58. The second-order valence-electron chi connectivity index (χ2n) is 5.49. The summed E-state index contributed by atoms with van der Waals surface area (Å²) in [5.74, 6) is 0. The molecule has 0 fully saturated rings. The van der Waals surface area contributed by atoms with Gasteiger partial charge in [0.25, 0.3) is 0 Å². The van der Waals surface area contributed by atoms with E-state index in [1.165, 1.54) is 11.1 Å². The Morgan fingerprint density at radius 1 is 0.682 bits per heavy atom. The van der Waals surface area contributed by atoms with E-state index in [1.807, 2.05) is 0 Å². The van der Waals surface area contributed by atoms with Gasteiger partial charge in [-0.3, -0.25) is 0 Å². The molecule has 0 amide bonds. The van der Waals surface area contributed by atoms with E-state index in [0.29, 0.717) is 0 Å². The first kappa shape index (κ1) is 16.3. The van der Waals surface area contributed by atoms with Crippen LogP contribution in [0.2, 0.25) is 0 Å². The predicted octanol–water partition coefficient (Wildman–Crippen LogP) is -0.304. The fourth-order valence-corrected chi connectivity index (χ4v) is 2.24. The zero-order valence-corrected chi connectivity index (χ0v) is 13.3. The zero-order valence-electron chi connectivity index (χ0n) is 13.3. The molecule has 0 atom stereocenters. The van der Waals surface area contributed by atoms with Crippen molar-refractivity contribution in [3.05, 3.63) is 60.2 Å².